The first-order valence-electron chi connectivity index (χ1n) is 6.46. The zero-order valence-corrected chi connectivity index (χ0v) is 11.6. The quantitative estimate of drug-likeness (QED) is 0.435. The highest BCUT2D eigenvalue weighted by molar-refractivity contribution is 6.35. The summed E-state index contributed by atoms with van der Waals surface area (Å²) in [5.41, 5.74) is 3.15. The van der Waals surface area contributed by atoms with Crippen LogP contribution in [0.15, 0.2) is 53.8 Å². The molecule has 1 aromatic heterocycles. The summed E-state index contributed by atoms with van der Waals surface area (Å²) in [4.78, 5) is 27.1. The van der Waals surface area contributed by atoms with Crippen molar-refractivity contribution in [1.29, 1.82) is 0 Å². The van der Waals surface area contributed by atoms with E-state index >= 15 is 0 Å². The molecular formula is C15H14N4O3. The number of benzene rings is 1. The third-order valence-corrected chi connectivity index (χ3v) is 2.67. The fourth-order valence-corrected chi connectivity index (χ4v) is 1.56. The Morgan fingerprint density at radius 2 is 1.91 bits per heavy atom. The molecule has 0 bridgehead atoms. The number of nitrogens with one attached hydrogen (secondary N) is 2. The molecule has 2 amide bonds. The van der Waals surface area contributed by atoms with Crippen LogP contribution in [0.5, 0.6) is 5.75 Å². The molecule has 112 valence electrons. The molecule has 0 aliphatic heterocycles. The van der Waals surface area contributed by atoms with Crippen LogP contribution in [-0.2, 0) is 16.1 Å². The van der Waals surface area contributed by atoms with E-state index in [0.717, 1.165) is 0 Å². The van der Waals surface area contributed by atoms with Crippen molar-refractivity contribution in [3.05, 3.63) is 59.9 Å². The number of amides is 2. The van der Waals surface area contributed by atoms with Crippen LogP contribution in [0.1, 0.15) is 11.3 Å². The van der Waals surface area contributed by atoms with Gasteiger partial charge in [-0.05, 0) is 24.3 Å². The molecule has 0 saturated heterocycles. The summed E-state index contributed by atoms with van der Waals surface area (Å²) in [6, 6.07) is 11.7. The minimum absolute atomic E-state index is 0.0279. The Balaban J connectivity index is 1.82. The van der Waals surface area contributed by atoms with E-state index in [1.54, 1.807) is 42.6 Å². The highest BCUT2D eigenvalue weighted by atomic mass is 16.3. The predicted octanol–water partition coefficient (Wildman–Crippen LogP) is 0.554. The maximum atomic E-state index is 11.6. The molecule has 7 heteroatoms. The van der Waals surface area contributed by atoms with Gasteiger partial charge < -0.3 is 10.4 Å². The second kappa shape index (κ2) is 7.53. The van der Waals surface area contributed by atoms with Crippen molar-refractivity contribution in [2.24, 2.45) is 5.10 Å². The van der Waals surface area contributed by atoms with E-state index in [0.29, 0.717) is 11.3 Å². The van der Waals surface area contributed by atoms with Crippen molar-refractivity contribution in [3.8, 4) is 5.75 Å². The molecule has 7 nitrogen and oxygen atoms in total. The summed E-state index contributed by atoms with van der Waals surface area (Å²) in [6.07, 6.45) is 2.84. The van der Waals surface area contributed by atoms with Crippen LogP contribution in [0, 0.1) is 0 Å². The number of rotatable bonds is 4. The summed E-state index contributed by atoms with van der Waals surface area (Å²) in [6.45, 7) is 0.149. The molecule has 0 fully saturated rings. The predicted molar refractivity (Wildman–Crippen MR) is 79.9 cm³/mol. The first-order valence-corrected chi connectivity index (χ1v) is 6.46. The molecule has 22 heavy (non-hydrogen) atoms. The maximum absolute atomic E-state index is 11.6. The van der Waals surface area contributed by atoms with Crippen molar-refractivity contribution in [2.75, 3.05) is 0 Å². The minimum atomic E-state index is -0.900. The molecule has 0 saturated carbocycles. The van der Waals surface area contributed by atoms with E-state index in [-0.39, 0.29) is 12.3 Å². The number of nitrogens with zero attached hydrogens (tertiary/aromatic N) is 2. The third kappa shape index (κ3) is 4.41. The van der Waals surface area contributed by atoms with Gasteiger partial charge >= 0.3 is 11.8 Å². The SMILES string of the molecule is O=C(NCc1ccccn1)C(=O)N/N=C\c1ccccc1O. The third-order valence-electron chi connectivity index (χ3n) is 2.67. The Labute approximate surface area is 126 Å². The average molecular weight is 298 g/mol. The lowest BCUT2D eigenvalue weighted by molar-refractivity contribution is -0.139. The zero-order valence-electron chi connectivity index (χ0n) is 11.6. The summed E-state index contributed by atoms with van der Waals surface area (Å²) < 4.78 is 0. The smallest absolute Gasteiger partial charge is 0.329 e. The lowest BCUT2D eigenvalue weighted by Gasteiger charge is -2.03. The molecule has 0 aliphatic carbocycles. The first kappa shape index (κ1) is 15.2. The van der Waals surface area contributed by atoms with Gasteiger partial charge in [0.05, 0.1) is 18.5 Å². The number of para-hydroxylation sites is 1. The molecule has 0 aliphatic rings. The Bertz CT molecular complexity index is 686. The number of phenols is 1. The molecule has 0 unspecified atom stereocenters. The van der Waals surface area contributed by atoms with Crippen LogP contribution in [0.3, 0.4) is 0 Å². The van der Waals surface area contributed by atoms with Gasteiger partial charge in [0.1, 0.15) is 5.75 Å². The maximum Gasteiger partial charge on any atom is 0.329 e. The van der Waals surface area contributed by atoms with E-state index in [1.165, 1.54) is 12.3 Å². The van der Waals surface area contributed by atoms with Gasteiger partial charge in [-0.2, -0.15) is 5.10 Å². The monoisotopic (exact) mass is 298 g/mol. The molecule has 0 spiro atoms. The van der Waals surface area contributed by atoms with Gasteiger partial charge in [-0.15, -0.1) is 0 Å². The summed E-state index contributed by atoms with van der Waals surface area (Å²) in [5.74, 6) is -1.69. The van der Waals surface area contributed by atoms with Crippen LogP contribution >= 0.6 is 0 Å². The number of carbonyl (C=O) groups excluding carboxylic acids is 2. The first-order chi connectivity index (χ1) is 10.7. The molecule has 0 radical (unpaired) electrons. The minimum Gasteiger partial charge on any atom is -0.507 e. The molecule has 3 N–H and O–H groups in total. The lowest BCUT2D eigenvalue weighted by Crippen LogP contribution is -2.37. The van der Waals surface area contributed by atoms with Crippen molar-refractivity contribution in [3.63, 3.8) is 0 Å². The van der Waals surface area contributed by atoms with E-state index in [2.05, 4.69) is 20.8 Å². The molecule has 2 rings (SSSR count). The van der Waals surface area contributed by atoms with Crippen LogP contribution in [0.2, 0.25) is 0 Å². The van der Waals surface area contributed by atoms with Crippen LogP contribution in [-0.4, -0.2) is 28.1 Å². The van der Waals surface area contributed by atoms with Crippen molar-refractivity contribution in [1.82, 2.24) is 15.7 Å². The molecular weight excluding hydrogens is 284 g/mol. The normalized spacial score (nSPS) is 10.4. The fourth-order valence-electron chi connectivity index (χ4n) is 1.56. The average Bonchev–Trinajstić information content (AvgIpc) is 2.55. The Kier molecular flexibility index (Phi) is 5.20. The van der Waals surface area contributed by atoms with Crippen LogP contribution in [0.25, 0.3) is 0 Å². The second-order valence-electron chi connectivity index (χ2n) is 4.26. The zero-order chi connectivity index (χ0) is 15.8. The number of aromatic nitrogens is 1. The number of phenolic OH excluding ortho intramolecular Hbond substituents is 1. The van der Waals surface area contributed by atoms with E-state index in [4.69, 9.17) is 0 Å². The summed E-state index contributed by atoms with van der Waals surface area (Å²) in [7, 11) is 0. The van der Waals surface area contributed by atoms with E-state index in [9.17, 15) is 14.7 Å². The lowest BCUT2D eigenvalue weighted by atomic mass is 10.2. The topological polar surface area (TPSA) is 104 Å². The van der Waals surface area contributed by atoms with Crippen LogP contribution < -0.4 is 10.7 Å². The number of pyridine rings is 1. The van der Waals surface area contributed by atoms with Gasteiger partial charge in [0.25, 0.3) is 0 Å². The largest absolute Gasteiger partial charge is 0.507 e. The number of hydrazone groups is 1. The Morgan fingerprint density at radius 1 is 1.14 bits per heavy atom. The van der Waals surface area contributed by atoms with Crippen molar-refractivity contribution < 1.29 is 14.7 Å². The fraction of sp³-hybridized carbons (Fsp3) is 0.0667. The second-order valence-corrected chi connectivity index (χ2v) is 4.26. The molecule has 2 aromatic rings. The summed E-state index contributed by atoms with van der Waals surface area (Å²) in [5, 5.41) is 15.5. The molecule has 0 atom stereocenters. The van der Waals surface area contributed by atoms with Gasteiger partial charge in [-0.25, -0.2) is 5.43 Å². The molecule has 1 heterocycles. The Morgan fingerprint density at radius 3 is 2.64 bits per heavy atom. The van der Waals surface area contributed by atoms with Crippen molar-refractivity contribution in [2.45, 2.75) is 6.54 Å². The van der Waals surface area contributed by atoms with Crippen LogP contribution in [0.4, 0.5) is 0 Å². The van der Waals surface area contributed by atoms with Gasteiger partial charge in [0.15, 0.2) is 0 Å². The molecule has 1 aromatic carbocycles. The number of carbonyl (C=O) groups is 2. The Hall–Kier alpha value is -3.22. The van der Waals surface area contributed by atoms with E-state index < -0.39 is 11.8 Å². The highest BCUT2D eigenvalue weighted by Crippen LogP contribution is 2.12. The number of hydrogen-bond acceptors (Lipinski definition) is 5. The number of hydrogen-bond donors (Lipinski definition) is 3. The number of aromatic hydroxyl groups is 1. The summed E-state index contributed by atoms with van der Waals surface area (Å²) >= 11 is 0. The van der Waals surface area contributed by atoms with Gasteiger partial charge in [-0.1, -0.05) is 18.2 Å². The van der Waals surface area contributed by atoms with Gasteiger partial charge in [0.2, 0.25) is 0 Å². The highest BCUT2D eigenvalue weighted by Gasteiger charge is 2.12. The van der Waals surface area contributed by atoms with E-state index in [1.807, 2.05) is 0 Å². The van der Waals surface area contributed by atoms with Gasteiger partial charge in [0, 0.05) is 11.8 Å². The van der Waals surface area contributed by atoms with Gasteiger partial charge in [-0.3, -0.25) is 14.6 Å². The van der Waals surface area contributed by atoms with Crippen molar-refractivity contribution >= 4 is 18.0 Å². The standard InChI is InChI=1S/C15H14N4O3/c20-13-7-2-1-5-11(13)9-18-19-15(22)14(21)17-10-12-6-3-4-8-16-12/h1-9,20H,10H2,(H,17,21)(H,19,22)/b18-9-.